The largest absolute Gasteiger partial charge is 0.491 e. The van der Waals surface area contributed by atoms with E-state index in [4.69, 9.17) is 9.84 Å². The lowest BCUT2D eigenvalue weighted by Crippen LogP contribution is -2.20. The van der Waals surface area contributed by atoms with Gasteiger partial charge in [-0.1, -0.05) is 12.1 Å². The number of carboxylic acid groups (broad SMARTS) is 1. The van der Waals surface area contributed by atoms with E-state index in [2.05, 4.69) is 25.2 Å². The highest BCUT2D eigenvalue weighted by molar-refractivity contribution is 7.12. The molecule has 0 aliphatic rings. The summed E-state index contributed by atoms with van der Waals surface area (Å²) in [5.41, 5.74) is 1.52. The monoisotopic (exact) mass is 305 g/mol. The summed E-state index contributed by atoms with van der Waals surface area (Å²) in [6.07, 6.45) is 0. The highest BCUT2D eigenvalue weighted by Gasteiger charge is 2.09. The van der Waals surface area contributed by atoms with Crippen LogP contribution in [0.1, 0.15) is 25.7 Å². The fourth-order valence-electron chi connectivity index (χ4n) is 1.95. The van der Waals surface area contributed by atoms with Gasteiger partial charge in [0.25, 0.3) is 0 Å². The third-order valence-corrected chi connectivity index (χ3v) is 4.32. The van der Waals surface area contributed by atoms with E-state index < -0.39 is 5.97 Å². The standard InChI is InChI=1S/C16H19NO3S/c1-11-9-13(21-12(11)2)10-17-7-8-20-15-6-4-3-5-14(15)16(18)19/h3-6,9,17H,7-8,10H2,1-2H3,(H,18,19). The molecular formula is C16H19NO3S. The molecule has 0 spiro atoms. The van der Waals surface area contributed by atoms with Crippen molar-refractivity contribution in [3.05, 3.63) is 51.2 Å². The van der Waals surface area contributed by atoms with Crippen molar-refractivity contribution < 1.29 is 14.6 Å². The zero-order valence-electron chi connectivity index (χ0n) is 12.2. The van der Waals surface area contributed by atoms with Gasteiger partial charge in [0.05, 0.1) is 0 Å². The Morgan fingerprint density at radius 2 is 2.10 bits per heavy atom. The summed E-state index contributed by atoms with van der Waals surface area (Å²) in [7, 11) is 0. The summed E-state index contributed by atoms with van der Waals surface area (Å²) in [4.78, 5) is 13.7. The Kier molecular flexibility index (Phi) is 5.36. The number of nitrogens with one attached hydrogen (secondary N) is 1. The lowest BCUT2D eigenvalue weighted by atomic mass is 10.2. The number of hydrogen-bond acceptors (Lipinski definition) is 4. The first-order valence-electron chi connectivity index (χ1n) is 6.79. The van der Waals surface area contributed by atoms with Crippen LogP contribution in [-0.2, 0) is 6.54 Å². The molecule has 1 aromatic heterocycles. The molecule has 5 heteroatoms. The molecule has 1 aromatic carbocycles. The van der Waals surface area contributed by atoms with E-state index in [1.54, 1.807) is 35.6 Å². The molecule has 0 aliphatic carbocycles. The van der Waals surface area contributed by atoms with Gasteiger partial charge in [-0.2, -0.15) is 0 Å². The van der Waals surface area contributed by atoms with Crippen LogP contribution in [0.5, 0.6) is 5.75 Å². The van der Waals surface area contributed by atoms with Gasteiger partial charge < -0.3 is 15.2 Å². The third-order valence-electron chi connectivity index (χ3n) is 3.17. The average molecular weight is 305 g/mol. The van der Waals surface area contributed by atoms with E-state index in [-0.39, 0.29) is 5.56 Å². The quantitative estimate of drug-likeness (QED) is 0.771. The van der Waals surface area contributed by atoms with Crippen LogP contribution in [0.3, 0.4) is 0 Å². The summed E-state index contributed by atoms with van der Waals surface area (Å²) in [6, 6.07) is 8.87. The molecule has 2 N–H and O–H groups in total. The number of carboxylic acids is 1. The zero-order valence-corrected chi connectivity index (χ0v) is 13.0. The molecule has 112 valence electrons. The lowest BCUT2D eigenvalue weighted by molar-refractivity contribution is 0.0692. The van der Waals surface area contributed by atoms with Crippen LogP contribution in [0.15, 0.2) is 30.3 Å². The molecule has 0 radical (unpaired) electrons. The third kappa shape index (κ3) is 4.31. The molecule has 0 saturated carbocycles. The van der Waals surface area contributed by atoms with E-state index in [0.29, 0.717) is 18.9 Å². The van der Waals surface area contributed by atoms with Crippen LogP contribution < -0.4 is 10.1 Å². The molecule has 4 nitrogen and oxygen atoms in total. The van der Waals surface area contributed by atoms with Gasteiger partial charge in [-0.15, -0.1) is 11.3 Å². The molecule has 1 heterocycles. The molecule has 0 fully saturated rings. The summed E-state index contributed by atoms with van der Waals surface area (Å²) in [6.45, 7) is 6.15. The van der Waals surface area contributed by atoms with Crippen molar-refractivity contribution in [2.45, 2.75) is 20.4 Å². The number of hydrogen-bond donors (Lipinski definition) is 2. The maximum atomic E-state index is 11.0. The minimum atomic E-state index is -0.969. The number of aryl methyl sites for hydroxylation is 2. The molecule has 0 unspecified atom stereocenters. The fraction of sp³-hybridized carbons (Fsp3) is 0.312. The van der Waals surface area contributed by atoms with Gasteiger partial charge in [0.1, 0.15) is 17.9 Å². The molecule has 0 saturated heterocycles. The number of thiophene rings is 1. The first-order valence-corrected chi connectivity index (χ1v) is 7.61. The minimum Gasteiger partial charge on any atom is -0.491 e. The summed E-state index contributed by atoms with van der Waals surface area (Å²) in [5.74, 6) is -0.558. The highest BCUT2D eigenvalue weighted by Crippen LogP contribution is 2.20. The van der Waals surface area contributed by atoms with E-state index in [0.717, 1.165) is 6.54 Å². The van der Waals surface area contributed by atoms with Crippen molar-refractivity contribution in [3.63, 3.8) is 0 Å². The van der Waals surface area contributed by atoms with Crippen molar-refractivity contribution in [1.82, 2.24) is 5.32 Å². The second kappa shape index (κ2) is 7.24. The van der Waals surface area contributed by atoms with Crippen LogP contribution >= 0.6 is 11.3 Å². The molecule has 0 aliphatic heterocycles. The van der Waals surface area contributed by atoms with E-state index >= 15 is 0 Å². The van der Waals surface area contributed by atoms with Crippen LogP contribution in [0, 0.1) is 13.8 Å². The maximum Gasteiger partial charge on any atom is 0.339 e. The zero-order chi connectivity index (χ0) is 15.2. The number of benzene rings is 1. The van der Waals surface area contributed by atoms with Crippen molar-refractivity contribution in [2.75, 3.05) is 13.2 Å². The number of ether oxygens (including phenoxy) is 1. The van der Waals surface area contributed by atoms with E-state index in [9.17, 15) is 4.79 Å². The molecular weight excluding hydrogens is 286 g/mol. The number of para-hydroxylation sites is 1. The van der Waals surface area contributed by atoms with Gasteiger partial charge in [-0.25, -0.2) is 4.79 Å². The molecule has 21 heavy (non-hydrogen) atoms. The Hall–Kier alpha value is -1.85. The SMILES string of the molecule is Cc1cc(CNCCOc2ccccc2C(=O)O)sc1C. The van der Waals surface area contributed by atoms with Crippen LogP contribution in [0.25, 0.3) is 0 Å². The predicted molar refractivity (Wildman–Crippen MR) is 84.4 cm³/mol. The van der Waals surface area contributed by atoms with Gasteiger partial charge in [-0.3, -0.25) is 0 Å². The summed E-state index contributed by atoms with van der Waals surface area (Å²) in [5, 5.41) is 12.4. The van der Waals surface area contributed by atoms with Crippen molar-refractivity contribution in [1.29, 1.82) is 0 Å². The van der Waals surface area contributed by atoms with Gasteiger partial charge in [0, 0.05) is 22.8 Å². The minimum absolute atomic E-state index is 0.196. The Morgan fingerprint density at radius 1 is 1.33 bits per heavy atom. The normalized spacial score (nSPS) is 10.6. The van der Waals surface area contributed by atoms with Crippen molar-refractivity contribution in [2.24, 2.45) is 0 Å². The summed E-state index contributed by atoms with van der Waals surface area (Å²) < 4.78 is 5.53. The van der Waals surface area contributed by atoms with E-state index in [1.165, 1.54) is 15.3 Å². The van der Waals surface area contributed by atoms with Gasteiger partial charge in [0.15, 0.2) is 0 Å². The first-order chi connectivity index (χ1) is 10.1. The number of rotatable bonds is 7. The summed E-state index contributed by atoms with van der Waals surface area (Å²) >= 11 is 1.79. The van der Waals surface area contributed by atoms with Gasteiger partial charge in [-0.05, 0) is 37.6 Å². The molecule has 2 aromatic rings. The smallest absolute Gasteiger partial charge is 0.339 e. The molecule has 0 amide bonds. The van der Waals surface area contributed by atoms with E-state index in [1.807, 2.05) is 0 Å². The maximum absolute atomic E-state index is 11.0. The Labute approximate surface area is 128 Å². The van der Waals surface area contributed by atoms with Crippen molar-refractivity contribution >= 4 is 17.3 Å². The first kappa shape index (κ1) is 15.5. The Bertz CT molecular complexity index is 602. The van der Waals surface area contributed by atoms with Gasteiger partial charge >= 0.3 is 5.97 Å². The average Bonchev–Trinajstić information content (AvgIpc) is 2.77. The lowest BCUT2D eigenvalue weighted by Gasteiger charge is -2.09. The second-order valence-corrected chi connectivity index (χ2v) is 6.12. The van der Waals surface area contributed by atoms with Gasteiger partial charge in [0.2, 0.25) is 0 Å². The molecule has 2 rings (SSSR count). The Morgan fingerprint density at radius 3 is 2.76 bits per heavy atom. The predicted octanol–water partition coefficient (Wildman–Crippen LogP) is 3.23. The molecule has 0 atom stereocenters. The second-order valence-electron chi connectivity index (χ2n) is 4.78. The number of carbonyl (C=O) groups is 1. The Balaban J connectivity index is 1.76. The fourth-order valence-corrected chi connectivity index (χ4v) is 2.97. The highest BCUT2D eigenvalue weighted by atomic mass is 32.1. The molecule has 0 bridgehead atoms. The van der Waals surface area contributed by atoms with Crippen LogP contribution in [-0.4, -0.2) is 24.2 Å². The van der Waals surface area contributed by atoms with Crippen molar-refractivity contribution in [3.8, 4) is 5.75 Å². The number of aromatic carboxylic acids is 1. The van der Waals surface area contributed by atoms with Crippen LogP contribution in [0.4, 0.5) is 0 Å². The topological polar surface area (TPSA) is 58.6 Å². The van der Waals surface area contributed by atoms with Crippen LogP contribution in [0.2, 0.25) is 0 Å².